The average Bonchev–Trinajstić information content (AvgIpc) is 3.43. The van der Waals surface area contributed by atoms with Crippen molar-refractivity contribution in [2.75, 3.05) is 26.3 Å². The average molecular weight is 417 g/mol. The van der Waals surface area contributed by atoms with E-state index in [0.29, 0.717) is 6.04 Å². The predicted molar refractivity (Wildman–Crippen MR) is 114 cm³/mol. The van der Waals surface area contributed by atoms with E-state index in [1.165, 1.54) is 43.2 Å². The second-order valence-electron chi connectivity index (χ2n) is 7.80. The Morgan fingerprint density at radius 2 is 2.00 bits per heavy atom. The Morgan fingerprint density at radius 3 is 2.79 bits per heavy atom. The molecule has 0 radical (unpaired) electrons. The van der Waals surface area contributed by atoms with E-state index in [1.807, 2.05) is 12.1 Å². The van der Waals surface area contributed by atoms with Crippen LogP contribution in [-0.2, 0) is 11.3 Å². The first kappa shape index (κ1) is 18.6. The molecule has 0 N–H and O–H groups in total. The van der Waals surface area contributed by atoms with E-state index in [0.717, 1.165) is 64.9 Å². The van der Waals surface area contributed by atoms with Gasteiger partial charge in [-0.3, -0.25) is 4.90 Å². The molecule has 4 heterocycles. The molecule has 2 fully saturated rings. The number of fused-ring (bicyclic) bond motifs is 1. The van der Waals surface area contributed by atoms with Crippen molar-refractivity contribution in [2.24, 2.45) is 0 Å². The summed E-state index contributed by atoms with van der Waals surface area (Å²) in [6.45, 7) is 7.05. The number of benzene rings is 1. The number of rotatable bonds is 4. The summed E-state index contributed by atoms with van der Waals surface area (Å²) in [6, 6.07) is 6.57. The van der Waals surface area contributed by atoms with Crippen molar-refractivity contribution in [3.8, 4) is 11.4 Å². The van der Waals surface area contributed by atoms with Gasteiger partial charge in [-0.1, -0.05) is 23.7 Å². The Hall–Kier alpha value is -1.47. The lowest BCUT2D eigenvalue weighted by Gasteiger charge is -2.26. The van der Waals surface area contributed by atoms with Crippen LogP contribution in [-0.4, -0.2) is 45.1 Å². The summed E-state index contributed by atoms with van der Waals surface area (Å²) in [5, 5.41) is 3.05. The quantitative estimate of drug-likeness (QED) is 0.595. The Balaban J connectivity index is 1.58. The first-order valence-corrected chi connectivity index (χ1v) is 11.3. The summed E-state index contributed by atoms with van der Waals surface area (Å²) in [5.74, 6) is 0.842. The van der Waals surface area contributed by atoms with Gasteiger partial charge in [0.15, 0.2) is 5.82 Å². The van der Waals surface area contributed by atoms with Gasteiger partial charge in [0.05, 0.1) is 17.1 Å². The van der Waals surface area contributed by atoms with Crippen molar-refractivity contribution in [3.05, 3.63) is 33.9 Å². The second-order valence-corrected chi connectivity index (χ2v) is 9.05. The molecule has 7 heteroatoms. The number of halogens is 1. The van der Waals surface area contributed by atoms with Gasteiger partial charge in [-0.05, 0) is 63.3 Å². The van der Waals surface area contributed by atoms with Crippen LogP contribution in [0.4, 0.5) is 0 Å². The van der Waals surface area contributed by atoms with Gasteiger partial charge in [-0.2, -0.15) is 4.37 Å². The standard InChI is InChI=1S/C21H25ClN4OS/c1-14-19(21-23-18(28-24-21)13-25-9-2-3-10-25)16-5-4-6-17(22)20(16)26(14)15-7-11-27-12-8-15/h4-6,15H,2-3,7-13H2,1H3. The van der Waals surface area contributed by atoms with Crippen LogP contribution >= 0.6 is 23.1 Å². The van der Waals surface area contributed by atoms with Crippen molar-refractivity contribution in [2.45, 2.75) is 45.2 Å². The highest BCUT2D eigenvalue weighted by atomic mass is 35.5. The lowest BCUT2D eigenvalue weighted by Crippen LogP contribution is -2.20. The minimum absolute atomic E-state index is 0.410. The number of likely N-dealkylation sites (tertiary alicyclic amines) is 1. The van der Waals surface area contributed by atoms with Gasteiger partial charge >= 0.3 is 0 Å². The molecule has 148 valence electrons. The third kappa shape index (κ3) is 3.26. The van der Waals surface area contributed by atoms with Crippen molar-refractivity contribution in [1.29, 1.82) is 0 Å². The number of nitrogens with zero attached hydrogens (tertiary/aromatic N) is 4. The highest BCUT2D eigenvalue weighted by Crippen LogP contribution is 2.40. The minimum atomic E-state index is 0.410. The maximum Gasteiger partial charge on any atom is 0.175 e. The summed E-state index contributed by atoms with van der Waals surface area (Å²) in [7, 11) is 0. The van der Waals surface area contributed by atoms with Crippen molar-refractivity contribution < 1.29 is 4.74 Å². The van der Waals surface area contributed by atoms with Gasteiger partial charge in [0.1, 0.15) is 5.01 Å². The molecule has 2 aliphatic rings. The van der Waals surface area contributed by atoms with Crippen molar-refractivity contribution in [1.82, 2.24) is 18.8 Å². The molecule has 1 aromatic carbocycles. The highest BCUT2D eigenvalue weighted by Gasteiger charge is 2.26. The summed E-state index contributed by atoms with van der Waals surface area (Å²) in [6.07, 6.45) is 4.61. The van der Waals surface area contributed by atoms with Crippen LogP contribution in [0.1, 0.15) is 42.4 Å². The molecule has 3 aromatic rings. The van der Waals surface area contributed by atoms with Crippen LogP contribution in [0.15, 0.2) is 18.2 Å². The molecule has 2 saturated heterocycles. The fourth-order valence-corrected chi connectivity index (χ4v) is 5.64. The maximum absolute atomic E-state index is 6.68. The fourth-order valence-electron chi connectivity index (χ4n) is 4.68. The number of hydrogen-bond acceptors (Lipinski definition) is 5. The Kier molecular flexibility index (Phi) is 5.13. The summed E-state index contributed by atoms with van der Waals surface area (Å²) in [4.78, 5) is 7.40. The minimum Gasteiger partial charge on any atom is -0.381 e. The van der Waals surface area contributed by atoms with E-state index in [4.69, 9.17) is 25.7 Å². The fraction of sp³-hybridized carbons (Fsp3) is 0.524. The molecule has 0 bridgehead atoms. The van der Waals surface area contributed by atoms with Gasteiger partial charge in [0.25, 0.3) is 0 Å². The van der Waals surface area contributed by atoms with Gasteiger partial charge in [0, 0.05) is 35.9 Å². The number of hydrogen-bond donors (Lipinski definition) is 0. The van der Waals surface area contributed by atoms with Crippen LogP contribution in [0.5, 0.6) is 0 Å². The van der Waals surface area contributed by atoms with Crippen LogP contribution in [0, 0.1) is 6.92 Å². The third-order valence-electron chi connectivity index (χ3n) is 6.03. The van der Waals surface area contributed by atoms with Crippen molar-refractivity contribution >= 4 is 34.0 Å². The zero-order chi connectivity index (χ0) is 19.1. The topological polar surface area (TPSA) is 43.2 Å². The maximum atomic E-state index is 6.68. The van der Waals surface area contributed by atoms with Gasteiger partial charge in [0.2, 0.25) is 0 Å². The van der Waals surface area contributed by atoms with E-state index >= 15 is 0 Å². The van der Waals surface area contributed by atoms with Gasteiger partial charge in [-0.15, -0.1) is 0 Å². The molecule has 0 atom stereocenters. The van der Waals surface area contributed by atoms with Crippen LogP contribution in [0.3, 0.4) is 0 Å². The first-order valence-electron chi connectivity index (χ1n) is 10.1. The molecule has 0 aliphatic carbocycles. The highest BCUT2D eigenvalue weighted by molar-refractivity contribution is 7.05. The van der Waals surface area contributed by atoms with Crippen LogP contribution in [0.2, 0.25) is 5.02 Å². The summed E-state index contributed by atoms with van der Waals surface area (Å²) >= 11 is 8.21. The van der Waals surface area contributed by atoms with E-state index in [9.17, 15) is 0 Å². The zero-order valence-corrected chi connectivity index (χ0v) is 17.7. The lowest BCUT2D eigenvalue weighted by atomic mass is 10.1. The molecule has 5 nitrogen and oxygen atoms in total. The molecule has 2 aromatic heterocycles. The van der Waals surface area contributed by atoms with E-state index in [1.54, 1.807) is 0 Å². The van der Waals surface area contributed by atoms with Gasteiger partial charge in [-0.25, -0.2) is 4.98 Å². The molecule has 0 amide bonds. The monoisotopic (exact) mass is 416 g/mol. The molecule has 28 heavy (non-hydrogen) atoms. The van der Waals surface area contributed by atoms with E-state index < -0.39 is 0 Å². The first-order chi connectivity index (χ1) is 13.7. The Morgan fingerprint density at radius 1 is 1.21 bits per heavy atom. The third-order valence-corrected chi connectivity index (χ3v) is 7.03. The normalized spacial score (nSPS) is 19.1. The smallest absolute Gasteiger partial charge is 0.175 e. The number of ether oxygens (including phenoxy) is 1. The molecule has 0 saturated carbocycles. The summed E-state index contributed by atoms with van der Waals surface area (Å²) in [5.41, 5.74) is 3.45. The van der Waals surface area contributed by atoms with Crippen molar-refractivity contribution in [3.63, 3.8) is 0 Å². The molecule has 2 aliphatic heterocycles. The molecular formula is C21H25ClN4OS. The largest absolute Gasteiger partial charge is 0.381 e. The molecule has 0 unspecified atom stereocenters. The Labute approximate surface area is 174 Å². The number of para-hydroxylation sites is 1. The molecule has 0 spiro atoms. The van der Waals surface area contributed by atoms with Crippen LogP contribution < -0.4 is 0 Å². The predicted octanol–water partition coefficient (Wildman–Crippen LogP) is 5.07. The van der Waals surface area contributed by atoms with E-state index in [-0.39, 0.29) is 0 Å². The second kappa shape index (κ2) is 7.75. The Bertz CT molecular complexity index is 986. The number of aromatic nitrogens is 3. The van der Waals surface area contributed by atoms with Crippen LogP contribution in [0.25, 0.3) is 22.3 Å². The SMILES string of the molecule is Cc1c(-c2nsc(CN3CCCC3)n2)c2cccc(Cl)c2n1C1CCOCC1. The molecule has 5 rings (SSSR count). The van der Waals surface area contributed by atoms with Gasteiger partial charge < -0.3 is 9.30 Å². The van der Waals surface area contributed by atoms with E-state index in [2.05, 4.69) is 22.5 Å². The molecular weight excluding hydrogens is 392 g/mol. The zero-order valence-electron chi connectivity index (χ0n) is 16.2. The lowest BCUT2D eigenvalue weighted by molar-refractivity contribution is 0.0703. The summed E-state index contributed by atoms with van der Waals surface area (Å²) < 4.78 is 12.8.